The maximum Gasteiger partial charge on any atom is 0.244 e. The summed E-state index contributed by atoms with van der Waals surface area (Å²) in [6, 6.07) is 19.0. The number of nitrogens with zero attached hydrogens (tertiary/aromatic N) is 2. The number of carbonyl (C=O) groups excluding carboxylic acids is 2. The van der Waals surface area contributed by atoms with Gasteiger partial charge in [-0.3, -0.25) is 13.9 Å². The van der Waals surface area contributed by atoms with Gasteiger partial charge in [0.25, 0.3) is 0 Å². The highest BCUT2D eigenvalue weighted by Gasteiger charge is 2.33. The van der Waals surface area contributed by atoms with Gasteiger partial charge in [-0.1, -0.05) is 91.1 Å². The van der Waals surface area contributed by atoms with Crippen molar-refractivity contribution < 1.29 is 18.0 Å². The summed E-state index contributed by atoms with van der Waals surface area (Å²) in [4.78, 5) is 29.3. The smallest absolute Gasteiger partial charge is 0.244 e. The largest absolute Gasteiger partial charge is 0.354 e. The number of sulfonamides is 1. The van der Waals surface area contributed by atoms with Gasteiger partial charge in [-0.05, 0) is 54.7 Å². The molecule has 1 N–H and O–H groups in total. The van der Waals surface area contributed by atoms with Crippen LogP contribution in [0.5, 0.6) is 0 Å². The lowest BCUT2D eigenvalue weighted by Gasteiger charge is -2.34. The molecular weight excluding hydrogens is 581 g/mol. The molecule has 3 rings (SSSR count). The Labute approximate surface area is 253 Å². The van der Waals surface area contributed by atoms with Crippen LogP contribution in [0.3, 0.4) is 0 Å². The Balaban J connectivity index is 2.09. The van der Waals surface area contributed by atoms with Crippen molar-refractivity contribution in [3.8, 4) is 0 Å². The zero-order chi connectivity index (χ0) is 30.2. The average molecular weight is 619 g/mol. The monoisotopic (exact) mass is 617 g/mol. The van der Waals surface area contributed by atoms with E-state index in [1.807, 2.05) is 43.3 Å². The summed E-state index contributed by atoms with van der Waals surface area (Å²) in [5.41, 5.74) is 3.41. The van der Waals surface area contributed by atoms with Crippen molar-refractivity contribution in [2.45, 2.75) is 52.6 Å². The number of anilines is 1. The normalized spacial score (nSPS) is 12.0. The highest BCUT2D eigenvalue weighted by atomic mass is 35.5. The molecule has 10 heteroatoms. The minimum Gasteiger partial charge on any atom is -0.354 e. The summed E-state index contributed by atoms with van der Waals surface area (Å²) < 4.78 is 27.2. The molecule has 0 aromatic heterocycles. The summed E-state index contributed by atoms with van der Waals surface area (Å²) >= 11 is 12.4. The number of rotatable bonds is 13. The van der Waals surface area contributed by atoms with E-state index in [0.29, 0.717) is 27.8 Å². The van der Waals surface area contributed by atoms with Crippen LogP contribution in [0.25, 0.3) is 0 Å². The van der Waals surface area contributed by atoms with Gasteiger partial charge >= 0.3 is 0 Å². The highest BCUT2D eigenvalue weighted by molar-refractivity contribution is 7.92. The summed E-state index contributed by atoms with van der Waals surface area (Å²) in [7, 11) is -3.85. The number of hydrogen-bond donors (Lipinski definition) is 1. The van der Waals surface area contributed by atoms with Crippen LogP contribution >= 0.6 is 23.2 Å². The van der Waals surface area contributed by atoms with E-state index in [1.165, 1.54) is 4.90 Å². The maximum atomic E-state index is 14.2. The van der Waals surface area contributed by atoms with Gasteiger partial charge in [0, 0.05) is 19.5 Å². The summed E-state index contributed by atoms with van der Waals surface area (Å²) in [5, 5.41) is 3.65. The molecule has 41 heavy (non-hydrogen) atoms. The molecule has 2 amide bonds. The van der Waals surface area contributed by atoms with Crippen LogP contribution in [0.15, 0.2) is 66.7 Å². The Morgan fingerprint density at radius 3 is 2.15 bits per heavy atom. The lowest BCUT2D eigenvalue weighted by molar-refractivity contribution is -0.140. The predicted octanol–water partition coefficient (Wildman–Crippen LogP) is 5.93. The zero-order valence-electron chi connectivity index (χ0n) is 23.9. The molecule has 0 aliphatic carbocycles. The van der Waals surface area contributed by atoms with Crippen molar-refractivity contribution in [2.24, 2.45) is 0 Å². The van der Waals surface area contributed by atoms with E-state index in [1.54, 1.807) is 44.2 Å². The second-order valence-electron chi connectivity index (χ2n) is 10.1. The first kappa shape index (κ1) is 32.4. The molecule has 0 unspecified atom stereocenters. The lowest BCUT2D eigenvalue weighted by Crippen LogP contribution is -2.53. The molecule has 3 aromatic rings. The van der Waals surface area contributed by atoms with E-state index < -0.39 is 28.5 Å². The number of para-hydroxylation sites is 1. The van der Waals surface area contributed by atoms with E-state index in [4.69, 9.17) is 23.2 Å². The minimum absolute atomic E-state index is 0.0266. The number of benzene rings is 3. The molecule has 0 spiro atoms. The second kappa shape index (κ2) is 14.7. The van der Waals surface area contributed by atoms with Gasteiger partial charge in [0.1, 0.15) is 12.6 Å². The van der Waals surface area contributed by atoms with Crippen LogP contribution in [0.1, 0.15) is 42.0 Å². The first-order valence-corrected chi connectivity index (χ1v) is 16.1. The standard InChI is InChI=1S/C31H37Cl2N3O4S/c1-5-6-17-34-31(38)28(19-24-13-8-7-9-14-24)35(20-25-15-16-26(32)27(33)18-25)29(37)21-36(41(4,39)40)30-22(2)11-10-12-23(30)3/h7-16,18,28H,5-6,17,19-21H2,1-4H3,(H,34,38)/t28-/m1/s1. The fourth-order valence-electron chi connectivity index (χ4n) is 4.67. The fourth-order valence-corrected chi connectivity index (χ4v) is 5.95. The molecule has 3 aromatic carbocycles. The molecule has 0 radical (unpaired) electrons. The third-order valence-electron chi connectivity index (χ3n) is 6.81. The van der Waals surface area contributed by atoms with Crippen LogP contribution < -0.4 is 9.62 Å². The summed E-state index contributed by atoms with van der Waals surface area (Å²) in [6.45, 7) is 5.65. The number of hydrogen-bond acceptors (Lipinski definition) is 4. The van der Waals surface area contributed by atoms with Crippen molar-refractivity contribution in [1.29, 1.82) is 0 Å². The quantitative estimate of drug-likeness (QED) is 0.241. The molecule has 1 atom stereocenters. The zero-order valence-corrected chi connectivity index (χ0v) is 26.2. The van der Waals surface area contributed by atoms with Gasteiger partial charge in [0.15, 0.2) is 0 Å². The molecule has 0 aliphatic rings. The van der Waals surface area contributed by atoms with Gasteiger partial charge in [-0.2, -0.15) is 0 Å². The molecule has 0 aliphatic heterocycles. The second-order valence-corrected chi connectivity index (χ2v) is 12.9. The molecule has 0 bridgehead atoms. The first-order valence-electron chi connectivity index (χ1n) is 13.5. The molecule has 0 saturated carbocycles. The Bertz CT molecular complexity index is 1450. The molecule has 0 saturated heterocycles. The first-order chi connectivity index (χ1) is 19.4. The molecular formula is C31H37Cl2N3O4S. The maximum absolute atomic E-state index is 14.2. The van der Waals surface area contributed by atoms with Crippen molar-refractivity contribution in [2.75, 3.05) is 23.7 Å². The SMILES string of the molecule is CCCCNC(=O)[C@@H](Cc1ccccc1)N(Cc1ccc(Cl)c(Cl)c1)C(=O)CN(c1c(C)cccc1C)S(C)(=O)=O. The molecule has 7 nitrogen and oxygen atoms in total. The Kier molecular flexibility index (Phi) is 11.6. The molecule has 220 valence electrons. The van der Waals surface area contributed by atoms with Crippen LogP contribution in [0, 0.1) is 13.8 Å². The van der Waals surface area contributed by atoms with E-state index in [9.17, 15) is 18.0 Å². The third kappa shape index (κ3) is 8.96. The summed E-state index contributed by atoms with van der Waals surface area (Å²) in [5.74, 6) is -0.829. The van der Waals surface area contributed by atoms with E-state index >= 15 is 0 Å². The van der Waals surface area contributed by atoms with Gasteiger partial charge in [0.05, 0.1) is 22.0 Å². The van der Waals surface area contributed by atoms with Gasteiger partial charge in [-0.25, -0.2) is 8.42 Å². The number of amides is 2. The van der Waals surface area contributed by atoms with Crippen LogP contribution in [0.4, 0.5) is 5.69 Å². The van der Waals surface area contributed by atoms with E-state index in [0.717, 1.165) is 40.1 Å². The Morgan fingerprint density at radius 1 is 0.902 bits per heavy atom. The summed E-state index contributed by atoms with van der Waals surface area (Å²) in [6.07, 6.45) is 3.01. The van der Waals surface area contributed by atoms with Gasteiger partial charge in [0.2, 0.25) is 21.8 Å². The lowest BCUT2D eigenvalue weighted by atomic mass is 10.0. The van der Waals surface area contributed by atoms with Crippen molar-refractivity contribution in [3.63, 3.8) is 0 Å². The average Bonchev–Trinajstić information content (AvgIpc) is 2.92. The molecule has 0 fully saturated rings. The van der Waals surface area contributed by atoms with Crippen molar-refractivity contribution in [1.82, 2.24) is 10.2 Å². The Hall–Kier alpha value is -3.07. The molecule has 0 heterocycles. The van der Waals surface area contributed by atoms with E-state index in [2.05, 4.69) is 5.32 Å². The number of aryl methyl sites for hydroxylation is 2. The van der Waals surface area contributed by atoms with Gasteiger partial charge in [-0.15, -0.1) is 0 Å². The van der Waals surface area contributed by atoms with E-state index in [-0.39, 0.29) is 18.9 Å². The van der Waals surface area contributed by atoms with Gasteiger partial charge < -0.3 is 10.2 Å². The topological polar surface area (TPSA) is 86.8 Å². The third-order valence-corrected chi connectivity index (χ3v) is 8.66. The number of unbranched alkanes of at least 4 members (excludes halogenated alkanes) is 1. The van der Waals surface area contributed by atoms with Crippen molar-refractivity contribution in [3.05, 3.63) is 99.0 Å². The predicted molar refractivity (Wildman–Crippen MR) is 167 cm³/mol. The highest BCUT2D eigenvalue weighted by Crippen LogP contribution is 2.28. The Morgan fingerprint density at radius 2 is 1.56 bits per heavy atom. The van der Waals surface area contributed by atoms with Crippen LogP contribution in [-0.2, 0) is 32.6 Å². The number of carbonyl (C=O) groups is 2. The fraction of sp³-hybridized carbons (Fsp3) is 0.355. The number of nitrogens with one attached hydrogen (secondary N) is 1. The van der Waals surface area contributed by atoms with Crippen LogP contribution in [0.2, 0.25) is 10.0 Å². The van der Waals surface area contributed by atoms with Crippen LogP contribution in [-0.4, -0.2) is 50.5 Å². The minimum atomic E-state index is -3.85. The van der Waals surface area contributed by atoms with Crippen molar-refractivity contribution >= 4 is 50.7 Å². The number of halogens is 2.